The van der Waals surface area contributed by atoms with Crippen LogP contribution in [-0.2, 0) is 11.2 Å². The highest BCUT2D eigenvalue weighted by molar-refractivity contribution is 7.10. The van der Waals surface area contributed by atoms with Gasteiger partial charge in [-0.05, 0) is 25.2 Å². The van der Waals surface area contributed by atoms with Gasteiger partial charge in [0.25, 0.3) is 0 Å². The van der Waals surface area contributed by atoms with E-state index in [-0.39, 0.29) is 5.92 Å². The Hall–Kier alpha value is -1.48. The maximum Gasteiger partial charge on any atom is 0.142 e. The Labute approximate surface area is 123 Å². The van der Waals surface area contributed by atoms with Gasteiger partial charge in [0.15, 0.2) is 0 Å². The average Bonchev–Trinajstić information content (AvgIpc) is 3.09. The first-order chi connectivity index (χ1) is 9.72. The lowest BCUT2D eigenvalue weighted by Crippen LogP contribution is -2.13. The van der Waals surface area contributed by atoms with Crippen LogP contribution in [0, 0.1) is 11.8 Å². The molecule has 0 spiro atoms. The molecule has 0 radical (unpaired) electrons. The number of carbonyl (C=O) groups excluding carboxylic acids is 1. The fourth-order valence-corrected chi connectivity index (χ4v) is 3.74. The highest BCUT2D eigenvalue weighted by atomic mass is 32.1. The van der Waals surface area contributed by atoms with Crippen molar-refractivity contribution in [3.63, 3.8) is 0 Å². The van der Waals surface area contributed by atoms with Crippen LogP contribution in [0.2, 0.25) is 0 Å². The summed E-state index contributed by atoms with van der Waals surface area (Å²) in [5.74, 6) is 1.36. The van der Waals surface area contributed by atoms with Gasteiger partial charge < -0.3 is 0 Å². The number of aromatic nitrogens is 1. The molecule has 0 N–H and O–H groups in total. The number of hydrogen-bond donors (Lipinski definition) is 0. The third-order valence-electron chi connectivity index (χ3n) is 4.10. The SMILES string of the molecule is CC1CCC(C(=O)Cc2nc(-c3ccccc3)cs2)C1. The minimum absolute atomic E-state index is 0.272. The summed E-state index contributed by atoms with van der Waals surface area (Å²) in [7, 11) is 0. The molecule has 0 saturated heterocycles. The molecule has 2 unspecified atom stereocenters. The monoisotopic (exact) mass is 285 g/mol. The first kappa shape index (κ1) is 13.5. The third-order valence-corrected chi connectivity index (χ3v) is 4.95. The summed E-state index contributed by atoms with van der Waals surface area (Å²) in [6, 6.07) is 10.1. The number of benzene rings is 1. The maximum absolute atomic E-state index is 12.3. The molecule has 1 aliphatic rings. The molecule has 0 bridgehead atoms. The molecule has 1 aromatic heterocycles. The predicted octanol–water partition coefficient (Wildman–Crippen LogP) is 4.36. The van der Waals surface area contributed by atoms with Gasteiger partial charge in [-0.2, -0.15) is 0 Å². The van der Waals surface area contributed by atoms with Crippen LogP contribution < -0.4 is 0 Å². The van der Waals surface area contributed by atoms with Crippen molar-refractivity contribution < 1.29 is 4.79 Å². The number of thiazole rings is 1. The van der Waals surface area contributed by atoms with Crippen LogP contribution in [0.1, 0.15) is 31.2 Å². The van der Waals surface area contributed by atoms with E-state index in [0.717, 1.165) is 29.1 Å². The largest absolute Gasteiger partial charge is 0.299 e. The van der Waals surface area contributed by atoms with Crippen LogP contribution in [0.25, 0.3) is 11.3 Å². The Morgan fingerprint density at radius 3 is 2.80 bits per heavy atom. The van der Waals surface area contributed by atoms with E-state index in [1.807, 2.05) is 18.2 Å². The van der Waals surface area contributed by atoms with E-state index in [9.17, 15) is 4.79 Å². The molecule has 20 heavy (non-hydrogen) atoms. The van der Waals surface area contributed by atoms with Crippen molar-refractivity contribution in [2.24, 2.45) is 11.8 Å². The standard InChI is InChI=1S/C17H19NOS/c1-12-7-8-14(9-12)16(19)10-17-18-15(11-20-17)13-5-3-2-4-6-13/h2-6,11-12,14H,7-10H2,1H3. The second kappa shape index (κ2) is 5.88. The molecule has 1 aliphatic carbocycles. The van der Waals surface area contributed by atoms with Crippen molar-refractivity contribution in [3.05, 3.63) is 40.7 Å². The van der Waals surface area contributed by atoms with Crippen LogP contribution in [0.15, 0.2) is 35.7 Å². The molecular weight excluding hydrogens is 266 g/mol. The van der Waals surface area contributed by atoms with E-state index in [1.54, 1.807) is 11.3 Å². The first-order valence-electron chi connectivity index (χ1n) is 7.25. The summed E-state index contributed by atoms with van der Waals surface area (Å²) in [5.41, 5.74) is 2.11. The minimum Gasteiger partial charge on any atom is -0.299 e. The molecule has 1 heterocycles. The predicted molar refractivity (Wildman–Crippen MR) is 82.8 cm³/mol. The lowest BCUT2D eigenvalue weighted by atomic mass is 9.99. The van der Waals surface area contributed by atoms with Crippen LogP contribution in [0.3, 0.4) is 0 Å². The van der Waals surface area contributed by atoms with Crippen LogP contribution in [-0.4, -0.2) is 10.8 Å². The molecule has 0 aliphatic heterocycles. The normalized spacial score (nSPS) is 22.1. The van der Waals surface area contributed by atoms with Crippen LogP contribution >= 0.6 is 11.3 Å². The van der Waals surface area contributed by atoms with E-state index in [4.69, 9.17) is 0 Å². The molecule has 104 valence electrons. The fourth-order valence-electron chi connectivity index (χ4n) is 2.93. The number of nitrogens with zero attached hydrogens (tertiary/aromatic N) is 1. The number of ketones is 1. The lowest BCUT2D eigenvalue weighted by molar-refractivity contribution is -0.122. The molecule has 1 aromatic carbocycles. The van der Waals surface area contributed by atoms with Crippen molar-refractivity contribution in [1.29, 1.82) is 0 Å². The molecule has 0 amide bonds. The van der Waals surface area contributed by atoms with Gasteiger partial charge in [-0.15, -0.1) is 11.3 Å². The second-order valence-corrected chi connectivity index (χ2v) is 6.69. The summed E-state index contributed by atoms with van der Waals surface area (Å²) in [4.78, 5) is 16.9. The van der Waals surface area contributed by atoms with Crippen molar-refractivity contribution in [2.75, 3.05) is 0 Å². The fraction of sp³-hybridized carbons (Fsp3) is 0.412. The van der Waals surface area contributed by atoms with Gasteiger partial charge in [0.05, 0.1) is 12.1 Å². The quantitative estimate of drug-likeness (QED) is 0.835. The van der Waals surface area contributed by atoms with Gasteiger partial charge in [-0.25, -0.2) is 4.98 Å². The summed E-state index contributed by atoms with van der Waals surface area (Å²) < 4.78 is 0. The van der Waals surface area contributed by atoms with E-state index in [2.05, 4.69) is 29.4 Å². The van der Waals surface area contributed by atoms with Gasteiger partial charge in [-0.1, -0.05) is 37.3 Å². The Bertz CT molecular complexity index is 590. The van der Waals surface area contributed by atoms with Gasteiger partial charge >= 0.3 is 0 Å². The zero-order valence-corrected chi connectivity index (χ0v) is 12.5. The molecule has 2 nitrogen and oxygen atoms in total. The highest BCUT2D eigenvalue weighted by Crippen LogP contribution is 2.32. The van der Waals surface area contributed by atoms with Crippen molar-refractivity contribution in [1.82, 2.24) is 4.98 Å². The molecule has 2 aromatic rings. The highest BCUT2D eigenvalue weighted by Gasteiger charge is 2.27. The zero-order valence-electron chi connectivity index (χ0n) is 11.7. The summed E-state index contributed by atoms with van der Waals surface area (Å²) >= 11 is 1.60. The topological polar surface area (TPSA) is 30.0 Å². The van der Waals surface area contributed by atoms with Gasteiger partial charge in [0.2, 0.25) is 0 Å². The molecule has 2 atom stereocenters. The molecule has 1 fully saturated rings. The van der Waals surface area contributed by atoms with E-state index in [0.29, 0.717) is 18.1 Å². The third kappa shape index (κ3) is 2.98. The minimum atomic E-state index is 0.272. The van der Waals surface area contributed by atoms with E-state index in [1.165, 1.54) is 6.42 Å². The van der Waals surface area contributed by atoms with Gasteiger partial charge in [-0.3, -0.25) is 4.79 Å². The smallest absolute Gasteiger partial charge is 0.142 e. The van der Waals surface area contributed by atoms with Gasteiger partial charge in [0, 0.05) is 16.9 Å². The number of carbonyl (C=O) groups is 1. The number of rotatable bonds is 4. The van der Waals surface area contributed by atoms with Crippen LogP contribution in [0.5, 0.6) is 0 Å². The average molecular weight is 285 g/mol. The number of Topliss-reactive ketones (excluding diaryl/α,β-unsaturated/α-hetero) is 1. The second-order valence-electron chi connectivity index (χ2n) is 5.75. The Morgan fingerprint density at radius 2 is 2.10 bits per heavy atom. The maximum atomic E-state index is 12.3. The number of hydrogen-bond acceptors (Lipinski definition) is 3. The lowest BCUT2D eigenvalue weighted by Gasteiger charge is -2.06. The zero-order chi connectivity index (χ0) is 13.9. The summed E-state index contributed by atoms with van der Waals surface area (Å²) in [5, 5.41) is 3.00. The molecule has 1 saturated carbocycles. The van der Waals surface area contributed by atoms with Crippen LogP contribution in [0.4, 0.5) is 0 Å². The Morgan fingerprint density at radius 1 is 1.30 bits per heavy atom. The molecular formula is C17H19NOS. The van der Waals surface area contributed by atoms with Crippen molar-refractivity contribution >= 4 is 17.1 Å². The van der Waals surface area contributed by atoms with E-state index < -0.39 is 0 Å². The Balaban J connectivity index is 1.67. The molecule has 3 rings (SSSR count). The van der Waals surface area contributed by atoms with Crippen molar-refractivity contribution in [3.8, 4) is 11.3 Å². The van der Waals surface area contributed by atoms with E-state index >= 15 is 0 Å². The van der Waals surface area contributed by atoms with Crippen molar-refractivity contribution in [2.45, 2.75) is 32.6 Å². The Kier molecular flexibility index (Phi) is 3.97. The summed E-state index contributed by atoms with van der Waals surface area (Å²) in [6.45, 7) is 2.24. The molecule has 3 heteroatoms. The summed E-state index contributed by atoms with van der Waals surface area (Å²) in [6.07, 6.45) is 3.84. The first-order valence-corrected chi connectivity index (χ1v) is 8.13. The van der Waals surface area contributed by atoms with Gasteiger partial charge in [0.1, 0.15) is 10.8 Å².